The summed E-state index contributed by atoms with van der Waals surface area (Å²) in [5.41, 5.74) is 4.19. The first-order valence-corrected chi connectivity index (χ1v) is 9.44. The maximum Gasteiger partial charge on any atom is 0.339 e. The molecule has 0 aliphatic carbocycles. The van der Waals surface area contributed by atoms with E-state index in [9.17, 15) is 9.90 Å². The molecule has 0 amide bonds. The monoisotopic (exact) mass is 416 g/mol. The van der Waals surface area contributed by atoms with Crippen molar-refractivity contribution in [3.63, 3.8) is 0 Å². The van der Waals surface area contributed by atoms with Gasteiger partial charge in [0.15, 0.2) is 11.5 Å². The second-order valence-corrected chi connectivity index (χ2v) is 6.74. The van der Waals surface area contributed by atoms with Gasteiger partial charge >= 0.3 is 5.97 Å². The minimum absolute atomic E-state index is 0.0932. The fourth-order valence-electron chi connectivity index (χ4n) is 3.50. The van der Waals surface area contributed by atoms with Gasteiger partial charge in [0.2, 0.25) is 0 Å². The van der Waals surface area contributed by atoms with E-state index in [0.29, 0.717) is 17.2 Å². The van der Waals surface area contributed by atoms with Crippen LogP contribution < -0.4 is 14.2 Å². The molecule has 0 saturated carbocycles. The number of carboxylic acids is 1. The highest BCUT2D eigenvalue weighted by Crippen LogP contribution is 2.35. The number of benzene rings is 3. The van der Waals surface area contributed by atoms with Gasteiger partial charge in [0, 0.05) is 10.9 Å². The van der Waals surface area contributed by atoms with E-state index in [1.807, 2.05) is 36.4 Å². The molecule has 156 valence electrons. The fourth-order valence-corrected chi connectivity index (χ4v) is 3.50. The summed E-state index contributed by atoms with van der Waals surface area (Å²) < 4.78 is 16.0. The molecule has 1 aromatic heterocycles. The van der Waals surface area contributed by atoms with Gasteiger partial charge in [-0.2, -0.15) is 0 Å². The van der Waals surface area contributed by atoms with Crippen molar-refractivity contribution in [3.8, 4) is 39.6 Å². The zero-order chi connectivity index (χ0) is 22.0. The van der Waals surface area contributed by atoms with E-state index in [4.69, 9.17) is 14.2 Å². The summed E-state index contributed by atoms with van der Waals surface area (Å²) >= 11 is 0. The Morgan fingerprint density at radius 2 is 1.39 bits per heavy atom. The number of methoxy groups -OCH3 is 3. The van der Waals surface area contributed by atoms with Gasteiger partial charge in [-0.1, -0.05) is 18.2 Å². The number of aromatic nitrogens is 2. The Morgan fingerprint density at radius 3 is 2.10 bits per heavy atom. The highest BCUT2D eigenvalue weighted by Gasteiger charge is 2.15. The van der Waals surface area contributed by atoms with Crippen LogP contribution in [0.2, 0.25) is 0 Å². The zero-order valence-electron chi connectivity index (χ0n) is 17.2. The molecule has 7 heteroatoms. The van der Waals surface area contributed by atoms with Crippen LogP contribution in [0.1, 0.15) is 10.4 Å². The first-order chi connectivity index (χ1) is 15.0. The molecule has 0 saturated heterocycles. The van der Waals surface area contributed by atoms with E-state index in [-0.39, 0.29) is 11.3 Å². The number of ether oxygens (including phenoxy) is 3. The topological polar surface area (TPSA) is 90.8 Å². The van der Waals surface area contributed by atoms with E-state index in [1.165, 1.54) is 19.5 Å². The molecule has 0 radical (unpaired) electrons. The Hall–Kier alpha value is -4.13. The van der Waals surface area contributed by atoms with Crippen LogP contribution in [0, 0.1) is 0 Å². The number of aromatic carboxylic acids is 1. The molecule has 0 aliphatic rings. The summed E-state index contributed by atoms with van der Waals surface area (Å²) in [6.07, 6.45) is 1.49. The van der Waals surface area contributed by atoms with Crippen LogP contribution in [0.4, 0.5) is 0 Å². The third-order valence-electron chi connectivity index (χ3n) is 5.06. The molecule has 0 atom stereocenters. The number of carbonyl (C=O) groups is 1. The van der Waals surface area contributed by atoms with Gasteiger partial charge in [-0.3, -0.25) is 0 Å². The van der Waals surface area contributed by atoms with Crippen molar-refractivity contribution in [3.05, 3.63) is 66.5 Å². The SMILES string of the molecule is COc1ccc(-c2ccc3ncnc(-c4ccc(C(=O)O)c(OC)c4)c3c2)cc1OC. The van der Waals surface area contributed by atoms with Crippen molar-refractivity contribution in [2.24, 2.45) is 0 Å². The summed E-state index contributed by atoms with van der Waals surface area (Å²) in [6.45, 7) is 0. The second kappa shape index (κ2) is 8.31. The molecule has 4 rings (SSSR count). The van der Waals surface area contributed by atoms with Crippen LogP contribution in [0.3, 0.4) is 0 Å². The van der Waals surface area contributed by atoms with Crippen LogP contribution in [0.15, 0.2) is 60.9 Å². The Balaban J connectivity index is 1.87. The summed E-state index contributed by atoms with van der Waals surface area (Å²) in [6, 6.07) is 16.5. The maximum atomic E-state index is 11.4. The zero-order valence-corrected chi connectivity index (χ0v) is 17.2. The molecule has 1 heterocycles. The lowest BCUT2D eigenvalue weighted by Crippen LogP contribution is -2.01. The fraction of sp³-hybridized carbons (Fsp3) is 0.125. The van der Waals surface area contributed by atoms with Crippen LogP contribution in [0.5, 0.6) is 17.2 Å². The van der Waals surface area contributed by atoms with Crippen LogP contribution in [0.25, 0.3) is 33.3 Å². The summed E-state index contributed by atoms with van der Waals surface area (Å²) in [5, 5.41) is 10.2. The second-order valence-electron chi connectivity index (χ2n) is 6.74. The number of rotatable bonds is 6. The van der Waals surface area contributed by atoms with Gasteiger partial charge in [0.25, 0.3) is 0 Å². The predicted octanol–water partition coefficient (Wildman–Crippen LogP) is 4.69. The van der Waals surface area contributed by atoms with Gasteiger partial charge in [0.05, 0.1) is 32.5 Å². The number of fused-ring (bicyclic) bond motifs is 1. The lowest BCUT2D eigenvalue weighted by atomic mass is 9.99. The standard InChI is InChI=1S/C24H20N2O5/c1-29-20-9-6-15(11-22(20)31-3)14-5-8-19-18(10-14)23(26-13-25-19)16-4-7-17(24(27)28)21(12-16)30-2/h4-13H,1-3H3,(H,27,28). The van der Waals surface area contributed by atoms with E-state index < -0.39 is 5.97 Å². The van der Waals surface area contributed by atoms with Gasteiger partial charge in [0.1, 0.15) is 17.6 Å². The van der Waals surface area contributed by atoms with Crippen LogP contribution in [-0.4, -0.2) is 42.4 Å². The number of nitrogens with zero attached hydrogens (tertiary/aromatic N) is 2. The van der Waals surface area contributed by atoms with Gasteiger partial charge in [-0.15, -0.1) is 0 Å². The van der Waals surface area contributed by atoms with E-state index in [2.05, 4.69) is 9.97 Å². The number of carboxylic acid groups (broad SMARTS) is 1. The van der Waals surface area contributed by atoms with Crippen molar-refractivity contribution < 1.29 is 24.1 Å². The molecule has 0 bridgehead atoms. The van der Waals surface area contributed by atoms with Crippen LogP contribution in [-0.2, 0) is 0 Å². The van der Waals surface area contributed by atoms with Crippen molar-refractivity contribution >= 4 is 16.9 Å². The lowest BCUT2D eigenvalue weighted by Gasteiger charge is -2.12. The highest BCUT2D eigenvalue weighted by molar-refractivity contribution is 5.97. The smallest absolute Gasteiger partial charge is 0.339 e. The number of hydrogen-bond acceptors (Lipinski definition) is 6. The first-order valence-electron chi connectivity index (χ1n) is 9.44. The van der Waals surface area contributed by atoms with Crippen molar-refractivity contribution in [2.45, 2.75) is 0 Å². The van der Waals surface area contributed by atoms with Gasteiger partial charge in [-0.25, -0.2) is 14.8 Å². The van der Waals surface area contributed by atoms with Crippen molar-refractivity contribution in [2.75, 3.05) is 21.3 Å². The summed E-state index contributed by atoms with van der Waals surface area (Å²) in [4.78, 5) is 20.3. The van der Waals surface area contributed by atoms with Crippen LogP contribution >= 0.6 is 0 Å². The van der Waals surface area contributed by atoms with E-state index >= 15 is 0 Å². The Bertz CT molecular complexity index is 1290. The average Bonchev–Trinajstić information content (AvgIpc) is 2.82. The minimum Gasteiger partial charge on any atom is -0.496 e. The molecule has 3 aromatic carbocycles. The van der Waals surface area contributed by atoms with E-state index in [0.717, 1.165) is 27.6 Å². The van der Waals surface area contributed by atoms with Gasteiger partial charge < -0.3 is 19.3 Å². The highest BCUT2D eigenvalue weighted by atomic mass is 16.5. The Morgan fingerprint density at radius 1 is 0.742 bits per heavy atom. The molecule has 1 N–H and O–H groups in total. The third-order valence-corrected chi connectivity index (χ3v) is 5.06. The first kappa shape index (κ1) is 20.2. The molecule has 0 spiro atoms. The molecule has 0 aliphatic heterocycles. The van der Waals surface area contributed by atoms with E-state index in [1.54, 1.807) is 26.4 Å². The quantitative estimate of drug-likeness (QED) is 0.488. The normalized spacial score (nSPS) is 10.7. The lowest BCUT2D eigenvalue weighted by molar-refractivity contribution is 0.0693. The molecule has 7 nitrogen and oxygen atoms in total. The minimum atomic E-state index is -1.05. The molecule has 4 aromatic rings. The predicted molar refractivity (Wildman–Crippen MR) is 117 cm³/mol. The third kappa shape index (κ3) is 3.73. The van der Waals surface area contributed by atoms with Crippen molar-refractivity contribution in [1.29, 1.82) is 0 Å². The average molecular weight is 416 g/mol. The Kier molecular flexibility index (Phi) is 5.41. The largest absolute Gasteiger partial charge is 0.496 e. The Labute approximate surface area is 178 Å². The molecular formula is C24H20N2O5. The molecule has 0 unspecified atom stereocenters. The molecule has 31 heavy (non-hydrogen) atoms. The maximum absolute atomic E-state index is 11.4. The number of hydrogen-bond donors (Lipinski definition) is 1. The summed E-state index contributed by atoms with van der Waals surface area (Å²) in [7, 11) is 4.64. The molecule has 0 fully saturated rings. The summed E-state index contributed by atoms with van der Waals surface area (Å²) in [5.74, 6) is 0.514. The van der Waals surface area contributed by atoms with Gasteiger partial charge in [-0.05, 0) is 47.5 Å². The molecular weight excluding hydrogens is 396 g/mol. The van der Waals surface area contributed by atoms with Crippen molar-refractivity contribution in [1.82, 2.24) is 9.97 Å².